The summed E-state index contributed by atoms with van der Waals surface area (Å²) in [7, 11) is 0. The molecular weight excluding hydrogens is 280 g/mol. The zero-order valence-corrected chi connectivity index (χ0v) is 15.0. The average molecular weight is 312 g/mol. The second-order valence-corrected chi connectivity index (χ2v) is 9.50. The molecule has 128 valence electrons. The van der Waals surface area contributed by atoms with Gasteiger partial charge in [0.25, 0.3) is 0 Å². The molecule has 0 aromatic rings. The Morgan fingerprint density at radius 3 is 1.18 bits per heavy atom. The van der Waals surface area contributed by atoms with Crippen LogP contribution in [0.5, 0.6) is 0 Å². The maximum absolute atomic E-state index is 5.90. The molecule has 0 aromatic heterocycles. The van der Waals surface area contributed by atoms with Gasteiger partial charge in [0.1, 0.15) is 0 Å². The molecule has 0 amide bonds. The maximum atomic E-state index is 5.90. The van der Waals surface area contributed by atoms with Gasteiger partial charge in [0.15, 0.2) is 0 Å². The first-order valence-electron chi connectivity index (χ1n) is 8.82. The molecule has 22 heavy (non-hydrogen) atoms. The number of hydrogen-bond acceptors (Lipinski definition) is 4. The lowest BCUT2D eigenvalue weighted by Gasteiger charge is -2.53. The van der Waals surface area contributed by atoms with E-state index in [0.717, 1.165) is 38.5 Å². The van der Waals surface area contributed by atoms with Crippen molar-refractivity contribution in [3.63, 3.8) is 0 Å². The summed E-state index contributed by atoms with van der Waals surface area (Å²) in [4.78, 5) is 23.6. The molecule has 4 nitrogen and oxygen atoms in total. The summed E-state index contributed by atoms with van der Waals surface area (Å²) in [5.41, 5.74) is 0.656. The molecular formula is C18H32O4. The van der Waals surface area contributed by atoms with E-state index in [4.69, 9.17) is 19.6 Å². The summed E-state index contributed by atoms with van der Waals surface area (Å²) in [6.07, 6.45) is 5.85. The van der Waals surface area contributed by atoms with E-state index in [1.54, 1.807) is 0 Å². The monoisotopic (exact) mass is 312 g/mol. The van der Waals surface area contributed by atoms with Crippen LogP contribution >= 0.6 is 0 Å². The lowest BCUT2D eigenvalue weighted by atomic mass is 9.69. The van der Waals surface area contributed by atoms with Gasteiger partial charge in [0.05, 0.1) is 0 Å². The van der Waals surface area contributed by atoms with Gasteiger partial charge in [0, 0.05) is 24.7 Å². The molecule has 3 rings (SSSR count). The van der Waals surface area contributed by atoms with Gasteiger partial charge < -0.3 is 0 Å². The molecule has 2 saturated carbocycles. The normalized spacial score (nSPS) is 39.0. The van der Waals surface area contributed by atoms with Crippen molar-refractivity contribution in [1.29, 1.82) is 0 Å². The fraction of sp³-hybridized carbons (Fsp3) is 1.00. The van der Waals surface area contributed by atoms with E-state index in [1.807, 2.05) is 0 Å². The lowest BCUT2D eigenvalue weighted by Crippen LogP contribution is -2.59. The van der Waals surface area contributed by atoms with Crippen LogP contribution in [0.2, 0.25) is 0 Å². The second-order valence-electron chi connectivity index (χ2n) is 9.50. The van der Waals surface area contributed by atoms with E-state index >= 15 is 0 Å². The topological polar surface area (TPSA) is 36.9 Å². The molecule has 4 heteroatoms. The first-order valence-corrected chi connectivity index (χ1v) is 8.82. The van der Waals surface area contributed by atoms with Crippen LogP contribution in [0, 0.1) is 22.7 Å². The highest BCUT2D eigenvalue weighted by Crippen LogP contribution is 2.53. The van der Waals surface area contributed by atoms with E-state index in [9.17, 15) is 0 Å². The van der Waals surface area contributed by atoms with Crippen molar-refractivity contribution in [2.75, 3.05) is 0 Å². The van der Waals surface area contributed by atoms with Crippen molar-refractivity contribution in [2.24, 2.45) is 22.7 Å². The molecule has 1 saturated heterocycles. The third kappa shape index (κ3) is 2.83. The Labute approximate surface area is 134 Å². The highest BCUT2D eigenvalue weighted by Gasteiger charge is 2.58. The van der Waals surface area contributed by atoms with Gasteiger partial charge >= 0.3 is 0 Å². The van der Waals surface area contributed by atoms with Crippen LogP contribution in [0.4, 0.5) is 0 Å². The molecule has 0 aromatic carbocycles. The predicted octanol–water partition coefficient (Wildman–Crippen LogP) is 4.98. The molecule has 0 bridgehead atoms. The van der Waals surface area contributed by atoms with E-state index in [-0.39, 0.29) is 11.8 Å². The largest absolute Gasteiger partial charge is 0.236 e. The summed E-state index contributed by atoms with van der Waals surface area (Å²) in [6.45, 7) is 13.5. The third-order valence-corrected chi connectivity index (χ3v) is 6.17. The molecule has 0 radical (unpaired) electrons. The zero-order valence-electron chi connectivity index (χ0n) is 15.0. The van der Waals surface area contributed by atoms with Gasteiger partial charge in [-0.15, -0.1) is 0 Å². The predicted molar refractivity (Wildman–Crippen MR) is 83.4 cm³/mol. The molecule has 1 heterocycles. The van der Waals surface area contributed by atoms with Crippen molar-refractivity contribution in [2.45, 2.75) is 91.6 Å². The molecule has 2 aliphatic carbocycles. The maximum Gasteiger partial charge on any atom is 0.236 e. The van der Waals surface area contributed by atoms with Gasteiger partial charge in [-0.3, -0.25) is 0 Å². The minimum atomic E-state index is -0.729. The Hall–Kier alpha value is -0.160. The van der Waals surface area contributed by atoms with Gasteiger partial charge in [-0.05, 0) is 36.5 Å². The molecule has 1 aliphatic heterocycles. The standard InChI is InChI=1S/C18H32O4/c1-13-11-15(3,4)7-9-17(13)19-21-18(22-20-17)10-8-16(5,6)12-14(18)2/h13-14H,7-12H2,1-6H3/t13-,14-,17?,18?/m1/s1. The Morgan fingerprint density at radius 1 is 0.591 bits per heavy atom. The van der Waals surface area contributed by atoms with Gasteiger partial charge in [-0.2, -0.15) is 19.6 Å². The Balaban J connectivity index is 1.68. The molecule has 0 N–H and O–H groups in total. The highest BCUT2D eigenvalue weighted by molar-refractivity contribution is 4.92. The van der Waals surface area contributed by atoms with Gasteiger partial charge in [-0.25, -0.2) is 0 Å². The first-order chi connectivity index (χ1) is 10.1. The van der Waals surface area contributed by atoms with Crippen LogP contribution in [0.25, 0.3) is 0 Å². The Kier molecular flexibility index (Phi) is 3.92. The van der Waals surface area contributed by atoms with Crippen molar-refractivity contribution in [1.82, 2.24) is 0 Å². The Morgan fingerprint density at radius 2 is 0.909 bits per heavy atom. The molecule has 2 spiro atoms. The summed E-state index contributed by atoms with van der Waals surface area (Å²) < 4.78 is 0. The molecule has 0 unspecified atom stereocenters. The van der Waals surface area contributed by atoms with Crippen LogP contribution in [-0.4, -0.2) is 11.6 Å². The van der Waals surface area contributed by atoms with Crippen molar-refractivity contribution in [3.05, 3.63) is 0 Å². The molecule has 3 aliphatic rings. The lowest BCUT2D eigenvalue weighted by molar-refractivity contribution is -0.676. The van der Waals surface area contributed by atoms with Crippen LogP contribution in [-0.2, 0) is 19.6 Å². The van der Waals surface area contributed by atoms with E-state index in [0.29, 0.717) is 10.8 Å². The zero-order chi connectivity index (χ0) is 16.2. The van der Waals surface area contributed by atoms with Crippen molar-refractivity contribution < 1.29 is 19.6 Å². The number of rotatable bonds is 0. The molecule has 2 atom stereocenters. The molecule has 3 fully saturated rings. The Bertz CT molecular complexity index is 381. The minimum absolute atomic E-state index is 0.254. The fourth-order valence-electron chi connectivity index (χ4n) is 4.50. The SMILES string of the molecule is C[C@@H]1CC(C)(C)CCC12OOC1(CCC(C)(C)C[C@H]1C)OO2. The van der Waals surface area contributed by atoms with E-state index in [1.165, 1.54) is 0 Å². The van der Waals surface area contributed by atoms with Crippen molar-refractivity contribution in [3.8, 4) is 0 Å². The van der Waals surface area contributed by atoms with Crippen LogP contribution in [0.1, 0.15) is 80.1 Å². The second kappa shape index (κ2) is 5.17. The smallest absolute Gasteiger partial charge is 0.195 e. The quantitative estimate of drug-likeness (QED) is 0.591. The van der Waals surface area contributed by atoms with Crippen molar-refractivity contribution >= 4 is 0 Å². The van der Waals surface area contributed by atoms with Gasteiger partial charge in [-0.1, -0.05) is 41.5 Å². The number of hydrogen-bond donors (Lipinski definition) is 0. The first kappa shape index (κ1) is 16.7. The summed E-state index contributed by atoms with van der Waals surface area (Å²) in [5.74, 6) is -0.950. The van der Waals surface area contributed by atoms with Gasteiger partial charge in [0.2, 0.25) is 11.6 Å². The van der Waals surface area contributed by atoms with Crippen LogP contribution in [0.15, 0.2) is 0 Å². The van der Waals surface area contributed by atoms with Crippen LogP contribution < -0.4 is 0 Å². The summed E-state index contributed by atoms with van der Waals surface area (Å²) in [5, 5.41) is 0. The summed E-state index contributed by atoms with van der Waals surface area (Å²) in [6, 6.07) is 0. The van der Waals surface area contributed by atoms with E-state index < -0.39 is 11.6 Å². The highest BCUT2D eigenvalue weighted by atomic mass is 17.4. The fourth-order valence-corrected chi connectivity index (χ4v) is 4.50. The average Bonchev–Trinajstić information content (AvgIpc) is 2.41. The third-order valence-electron chi connectivity index (χ3n) is 6.17. The van der Waals surface area contributed by atoms with E-state index in [2.05, 4.69) is 41.5 Å². The van der Waals surface area contributed by atoms with Crippen LogP contribution in [0.3, 0.4) is 0 Å². The summed E-state index contributed by atoms with van der Waals surface area (Å²) >= 11 is 0. The minimum Gasteiger partial charge on any atom is -0.195 e.